The molecule has 0 spiro atoms. The summed E-state index contributed by atoms with van der Waals surface area (Å²) >= 11 is 12.0. The SMILES string of the molecule is CC(NC(=O)C(O)c1cc(F)cc(F)c1)C(=O)Nc1cc(CC(C)c2ccc(Cl)c(Cl)c2)[nH]n1. The molecule has 2 amide bonds. The van der Waals surface area contributed by atoms with Gasteiger partial charge >= 0.3 is 0 Å². The van der Waals surface area contributed by atoms with Crippen molar-refractivity contribution >= 4 is 40.8 Å². The summed E-state index contributed by atoms with van der Waals surface area (Å²) in [5.74, 6) is -3.11. The van der Waals surface area contributed by atoms with E-state index in [0.717, 1.165) is 23.4 Å². The number of aliphatic hydroxyl groups is 1. The van der Waals surface area contributed by atoms with Crippen LogP contribution >= 0.6 is 23.2 Å². The van der Waals surface area contributed by atoms with Crippen LogP contribution < -0.4 is 10.6 Å². The van der Waals surface area contributed by atoms with Crippen molar-refractivity contribution in [1.29, 1.82) is 0 Å². The van der Waals surface area contributed by atoms with E-state index in [1.54, 1.807) is 18.2 Å². The van der Waals surface area contributed by atoms with Gasteiger partial charge in [-0.15, -0.1) is 0 Å². The second kappa shape index (κ2) is 10.9. The highest BCUT2D eigenvalue weighted by Crippen LogP contribution is 2.28. The summed E-state index contributed by atoms with van der Waals surface area (Å²) in [6, 6.07) is 8.30. The number of carbonyl (C=O) groups excluding carboxylic acids is 2. The fraction of sp³-hybridized carbons (Fsp3) is 0.261. The Balaban J connectivity index is 1.56. The summed E-state index contributed by atoms with van der Waals surface area (Å²) in [6.07, 6.45) is -1.26. The molecule has 3 unspecified atom stereocenters. The highest BCUT2D eigenvalue weighted by atomic mass is 35.5. The molecule has 0 saturated heterocycles. The Bertz CT molecular complexity index is 1180. The van der Waals surface area contributed by atoms with E-state index in [1.807, 2.05) is 13.0 Å². The van der Waals surface area contributed by atoms with Gasteiger partial charge in [-0.2, -0.15) is 5.10 Å². The molecule has 0 aliphatic heterocycles. The van der Waals surface area contributed by atoms with E-state index >= 15 is 0 Å². The van der Waals surface area contributed by atoms with Gasteiger partial charge in [0.2, 0.25) is 5.91 Å². The number of aliphatic hydroxyl groups excluding tert-OH is 1. The number of aromatic amines is 1. The van der Waals surface area contributed by atoms with Crippen LogP contribution in [-0.2, 0) is 16.0 Å². The summed E-state index contributed by atoms with van der Waals surface area (Å²) < 4.78 is 26.7. The van der Waals surface area contributed by atoms with Gasteiger partial charge < -0.3 is 15.7 Å². The third kappa shape index (κ3) is 6.53. The van der Waals surface area contributed by atoms with Gasteiger partial charge in [0.1, 0.15) is 17.7 Å². The number of carbonyl (C=O) groups is 2. The lowest BCUT2D eigenvalue weighted by Crippen LogP contribution is -2.43. The second-order valence-electron chi connectivity index (χ2n) is 7.88. The van der Waals surface area contributed by atoms with Gasteiger partial charge in [-0.3, -0.25) is 14.7 Å². The smallest absolute Gasteiger partial charge is 0.254 e. The first-order chi connectivity index (χ1) is 16.0. The Hall–Kier alpha value is -3.01. The van der Waals surface area contributed by atoms with Crippen molar-refractivity contribution < 1.29 is 23.5 Å². The molecule has 11 heteroatoms. The molecule has 4 N–H and O–H groups in total. The van der Waals surface area contributed by atoms with Crippen molar-refractivity contribution in [1.82, 2.24) is 15.5 Å². The van der Waals surface area contributed by atoms with Crippen molar-refractivity contribution in [3.05, 3.63) is 81.0 Å². The van der Waals surface area contributed by atoms with Crippen LogP contribution in [0.2, 0.25) is 10.0 Å². The molecule has 3 rings (SSSR count). The minimum atomic E-state index is -1.85. The number of aromatic nitrogens is 2. The predicted octanol–water partition coefficient (Wildman–Crippen LogP) is 4.52. The first-order valence-electron chi connectivity index (χ1n) is 10.3. The van der Waals surface area contributed by atoms with Gasteiger partial charge in [0.05, 0.1) is 10.0 Å². The molecule has 3 atom stereocenters. The zero-order chi connectivity index (χ0) is 25.0. The minimum absolute atomic E-state index is 0.0890. The standard InChI is InChI=1S/C23H22Cl2F2N4O3/c1-11(13-3-4-18(24)19(25)8-13)5-17-10-20(31-30-17)29-22(33)12(2)28-23(34)21(32)14-6-15(26)9-16(27)7-14/h3-4,6-12,21,32H,5H2,1-2H3,(H,28,34)(H2,29,30,31,33). The van der Waals surface area contributed by atoms with Gasteiger partial charge in [0.15, 0.2) is 11.9 Å². The highest BCUT2D eigenvalue weighted by molar-refractivity contribution is 6.42. The first-order valence-corrected chi connectivity index (χ1v) is 11.0. The summed E-state index contributed by atoms with van der Waals surface area (Å²) in [7, 11) is 0. The number of hydrogen-bond donors (Lipinski definition) is 4. The number of H-pyrrole nitrogens is 1. The Labute approximate surface area is 204 Å². The topological polar surface area (TPSA) is 107 Å². The average molecular weight is 511 g/mol. The molecule has 0 aliphatic rings. The predicted molar refractivity (Wildman–Crippen MR) is 125 cm³/mol. The number of hydrogen-bond acceptors (Lipinski definition) is 4. The van der Waals surface area contributed by atoms with Crippen molar-refractivity contribution in [3.63, 3.8) is 0 Å². The molecule has 2 aromatic carbocycles. The largest absolute Gasteiger partial charge is 0.378 e. The molecule has 180 valence electrons. The van der Waals surface area contributed by atoms with Crippen LogP contribution in [0.1, 0.15) is 42.7 Å². The van der Waals surface area contributed by atoms with E-state index in [9.17, 15) is 23.5 Å². The number of benzene rings is 2. The maximum atomic E-state index is 13.3. The van der Waals surface area contributed by atoms with Crippen molar-refractivity contribution in [2.45, 2.75) is 38.3 Å². The van der Waals surface area contributed by atoms with Crippen LogP contribution in [0, 0.1) is 11.6 Å². The fourth-order valence-corrected chi connectivity index (χ4v) is 3.58. The van der Waals surface area contributed by atoms with Gasteiger partial charge in [-0.25, -0.2) is 8.78 Å². The van der Waals surface area contributed by atoms with Crippen LogP contribution in [-0.4, -0.2) is 33.2 Å². The van der Waals surface area contributed by atoms with Crippen LogP contribution in [0.3, 0.4) is 0 Å². The zero-order valence-electron chi connectivity index (χ0n) is 18.2. The molecule has 34 heavy (non-hydrogen) atoms. The number of amides is 2. The minimum Gasteiger partial charge on any atom is -0.378 e. The van der Waals surface area contributed by atoms with E-state index in [0.29, 0.717) is 22.5 Å². The fourth-order valence-electron chi connectivity index (χ4n) is 3.27. The Morgan fingerprint density at radius 1 is 1.00 bits per heavy atom. The average Bonchev–Trinajstić information content (AvgIpc) is 3.20. The maximum Gasteiger partial charge on any atom is 0.254 e. The molecule has 1 heterocycles. The first kappa shape index (κ1) is 25.6. The van der Waals surface area contributed by atoms with Gasteiger partial charge in [-0.1, -0.05) is 36.2 Å². The van der Waals surface area contributed by atoms with E-state index in [-0.39, 0.29) is 17.3 Å². The molecule has 1 aromatic heterocycles. The Kier molecular flexibility index (Phi) is 8.24. The van der Waals surface area contributed by atoms with Crippen LogP contribution in [0.15, 0.2) is 42.5 Å². The van der Waals surface area contributed by atoms with E-state index in [4.69, 9.17) is 23.2 Å². The van der Waals surface area contributed by atoms with Crippen LogP contribution in [0.4, 0.5) is 14.6 Å². The van der Waals surface area contributed by atoms with Crippen LogP contribution in [0.25, 0.3) is 0 Å². The molecule has 7 nitrogen and oxygen atoms in total. The summed E-state index contributed by atoms with van der Waals surface area (Å²) in [6.45, 7) is 3.40. The summed E-state index contributed by atoms with van der Waals surface area (Å²) in [4.78, 5) is 24.6. The Morgan fingerprint density at radius 2 is 1.68 bits per heavy atom. The lowest BCUT2D eigenvalue weighted by Gasteiger charge is -2.16. The lowest BCUT2D eigenvalue weighted by atomic mass is 9.96. The van der Waals surface area contributed by atoms with Crippen molar-refractivity contribution in [2.24, 2.45) is 0 Å². The molecule has 3 aromatic rings. The molecule has 0 fully saturated rings. The van der Waals surface area contributed by atoms with E-state index in [1.165, 1.54) is 6.92 Å². The summed E-state index contributed by atoms with van der Waals surface area (Å²) in [5, 5.41) is 22.8. The van der Waals surface area contributed by atoms with Gasteiger partial charge in [-0.05, 0) is 54.7 Å². The molecular formula is C23H22Cl2F2N4O3. The number of rotatable bonds is 8. The molecular weight excluding hydrogens is 489 g/mol. The van der Waals surface area contributed by atoms with E-state index < -0.39 is 35.6 Å². The summed E-state index contributed by atoms with van der Waals surface area (Å²) in [5.41, 5.74) is 1.48. The van der Waals surface area contributed by atoms with E-state index in [2.05, 4.69) is 20.8 Å². The zero-order valence-corrected chi connectivity index (χ0v) is 19.7. The Morgan fingerprint density at radius 3 is 2.32 bits per heavy atom. The molecule has 0 saturated carbocycles. The van der Waals surface area contributed by atoms with Crippen molar-refractivity contribution in [3.8, 4) is 0 Å². The highest BCUT2D eigenvalue weighted by Gasteiger charge is 2.24. The number of halogens is 4. The van der Waals surface area contributed by atoms with Crippen molar-refractivity contribution in [2.75, 3.05) is 5.32 Å². The quantitative estimate of drug-likeness (QED) is 0.357. The molecule has 0 aliphatic carbocycles. The number of nitrogens with zero attached hydrogens (tertiary/aromatic N) is 1. The monoisotopic (exact) mass is 510 g/mol. The normalized spacial score (nSPS) is 13.7. The van der Waals surface area contributed by atoms with Gasteiger partial charge in [0.25, 0.3) is 5.91 Å². The maximum absolute atomic E-state index is 13.3. The third-order valence-electron chi connectivity index (χ3n) is 5.12. The van der Waals surface area contributed by atoms with Gasteiger partial charge in [0, 0.05) is 17.8 Å². The van der Waals surface area contributed by atoms with Crippen LogP contribution in [0.5, 0.6) is 0 Å². The molecule has 0 radical (unpaired) electrons. The lowest BCUT2D eigenvalue weighted by molar-refractivity contribution is -0.132. The third-order valence-corrected chi connectivity index (χ3v) is 5.86. The second-order valence-corrected chi connectivity index (χ2v) is 8.70. The molecule has 0 bridgehead atoms. The number of nitrogens with one attached hydrogen (secondary N) is 3. The number of anilines is 1.